The number of thiophene rings is 1. The summed E-state index contributed by atoms with van der Waals surface area (Å²) in [5, 5.41) is 11.0. The zero-order valence-corrected chi connectivity index (χ0v) is 11.2. The van der Waals surface area contributed by atoms with Gasteiger partial charge in [-0.3, -0.25) is 0 Å². The maximum Gasteiger partial charge on any atom is 0.339 e. The third-order valence-electron chi connectivity index (χ3n) is 2.20. The fourth-order valence-corrected chi connectivity index (χ4v) is 3.09. The average molecular weight is 280 g/mol. The number of hydrogen-bond donors (Lipinski definition) is 1. The molecule has 0 aliphatic carbocycles. The van der Waals surface area contributed by atoms with Crippen molar-refractivity contribution in [2.24, 2.45) is 0 Å². The Bertz CT molecular complexity index is 509. The number of benzene rings is 1. The third kappa shape index (κ3) is 3.51. The van der Waals surface area contributed by atoms with Crippen LogP contribution in [0.2, 0.25) is 0 Å². The van der Waals surface area contributed by atoms with Gasteiger partial charge in [0.2, 0.25) is 0 Å². The molecule has 2 rings (SSSR count). The van der Waals surface area contributed by atoms with Crippen molar-refractivity contribution in [1.82, 2.24) is 0 Å². The Labute approximate surface area is 113 Å². The van der Waals surface area contributed by atoms with E-state index in [4.69, 9.17) is 9.84 Å². The summed E-state index contributed by atoms with van der Waals surface area (Å²) < 4.78 is 6.74. The van der Waals surface area contributed by atoms with Crippen LogP contribution in [0.4, 0.5) is 0 Å². The van der Waals surface area contributed by atoms with E-state index in [1.54, 1.807) is 47.4 Å². The first-order valence-corrected chi connectivity index (χ1v) is 7.25. The van der Waals surface area contributed by atoms with E-state index in [1.807, 2.05) is 11.4 Å². The number of aromatic carboxylic acids is 1. The molecule has 0 atom stereocenters. The Hall–Kier alpha value is -1.46. The second kappa shape index (κ2) is 6.47. The fraction of sp³-hybridized carbons (Fsp3) is 0.154. The van der Waals surface area contributed by atoms with Gasteiger partial charge < -0.3 is 9.84 Å². The van der Waals surface area contributed by atoms with Crippen LogP contribution in [0, 0.1) is 0 Å². The molecule has 1 N–H and O–H groups in total. The number of para-hydroxylation sites is 1. The summed E-state index contributed by atoms with van der Waals surface area (Å²) in [6.45, 7) is 0.493. The van der Waals surface area contributed by atoms with Gasteiger partial charge in [0.15, 0.2) is 0 Å². The summed E-state index contributed by atoms with van der Waals surface area (Å²) in [5.74, 6) is 0.266. The van der Waals surface area contributed by atoms with Crippen LogP contribution in [0.5, 0.6) is 5.75 Å². The van der Waals surface area contributed by atoms with Gasteiger partial charge in [0, 0.05) is 5.75 Å². The second-order valence-electron chi connectivity index (χ2n) is 3.43. The van der Waals surface area contributed by atoms with Crippen LogP contribution in [0.25, 0.3) is 0 Å². The van der Waals surface area contributed by atoms with Crippen molar-refractivity contribution in [1.29, 1.82) is 0 Å². The molecule has 5 heteroatoms. The SMILES string of the molecule is O=C(O)c1ccccc1OCCSc1cccs1. The molecule has 0 unspecified atom stereocenters. The minimum Gasteiger partial charge on any atom is -0.492 e. The second-order valence-corrected chi connectivity index (χ2v) is 5.77. The monoisotopic (exact) mass is 280 g/mol. The minimum atomic E-state index is -0.962. The molecule has 0 saturated carbocycles. The average Bonchev–Trinajstić information content (AvgIpc) is 2.88. The van der Waals surface area contributed by atoms with Crippen LogP contribution in [0.3, 0.4) is 0 Å². The molecule has 1 heterocycles. The van der Waals surface area contributed by atoms with Gasteiger partial charge in [0.1, 0.15) is 11.3 Å². The molecule has 1 aromatic carbocycles. The smallest absolute Gasteiger partial charge is 0.339 e. The first-order valence-electron chi connectivity index (χ1n) is 5.39. The van der Waals surface area contributed by atoms with Gasteiger partial charge in [0.05, 0.1) is 10.8 Å². The number of rotatable bonds is 6. The predicted octanol–water partition coefficient (Wildman–Crippen LogP) is 3.62. The molecule has 3 nitrogen and oxygen atoms in total. The van der Waals surface area contributed by atoms with Crippen molar-refractivity contribution >= 4 is 29.1 Å². The summed E-state index contributed by atoms with van der Waals surface area (Å²) in [4.78, 5) is 11.0. The van der Waals surface area contributed by atoms with E-state index in [1.165, 1.54) is 4.21 Å². The zero-order valence-electron chi connectivity index (χ0n) is 9.54. The molecule has 0 bridgehead atoms. The Kier molecular flexibility index (Phi) is 4.66. The number of thioether (sulfide) groups is 1. The summed E-state index contributed by atoms with van der Waals surface area (Å²) in [5.41, 5.74) is 0.207. The quantitative estimate of drug-likeness (QED) is 0.648. The van der Waals surface area contributed by atoms with Crippen LogP contribution in [-0.2, 0) is 0 Å². The first kappa shape index (κ1) is 13.0. The molecule has 0 aliphatic rings. The van der Waals surface area contributed by atoms with Gasteiger partial charge in [-0.25, -0.2) is 4.79 Å². The van der Waals surface area contributed by atoms with Gasteiger partial charge in [-0.2, -0.15) is 0 Å². The van der Waals surface area contributed by atoms with E-state index in [0.717, 1.165) is 5.75 Å². The molecule has 0 spiro atoms. The third-order valence-corrected chi connectivity index (χ3v) is 4.29. The zero-order chi connectivity index (χ0) is 12.8. The number of carboxylic acid groups (broad SMARTS) is 1. The van der Waals surface area contributed by atoms with Gasteiger partial charge in [-0.05, 0) is 23.6 Å². The topological polar surface area (TPSA) is 46.5 Å². The van der Waals surface area contributed by atoms with Crippen LogP contribution in [0.15, 0.2) is 46.0 Å². The maximum absolute atomic E-state index is 11.0. The highest BCUT2D eigenvalue weighted by atomic mass is 32.2. The highest BCUT2D eigenvalue weighted by Crippen LogP contribution is 2.24. The predicted molar refractivity (Wildman–Crippen MR) is 73.9 cm³/mol. The summed E-state index contributed by atoms with van der Waals surface area (Å²) in [6.07, 6.45) is 0. The number of carbonyl (C=O) groups is 1. The number of ether oxygens (including phenoxy) is 1. The molecular formula is C13H12O3S2. The Morgan fingerprint density at radius 2 is 2.11 bits per heavy atom. The summed E-state index contributed by atoms with van der Waals surface area (Å²) >= 11 is 3.40. The van der Waals surface area contributed by atoms with E-state index < -0.39 is 5.97 Å². The Morgan fingerprint density at radius 1 is 1.28 bits per heavy atom. The molecular weight excluding hydrogens is 268 g/mol. The lowest BCUT2D eigenvalue weighted by Crippen LogP contribution is -2.05. The van der Waals surface area contributed by atoms with Gasteiger partial charge in [-0.1, -0.05) is 18.2 Å². The molecule has 0 radical (unpaired) electrons. The van der Waals surface area contributed by atoms with Crippen molar-refractivity contribution < 1.29 is 14.6 Å². The van der Waals surface area contributed by atoms with Crippen LogP contribution >= 0.6 is 23.1 Å². The van der Waals surface area contributed by atoms with Crippen molar-refractivity contribution in [2.45, 2.75) is 4.21 Å². The number of carboxylic acids is 1. The largest absolute Gasteiger partial charge is 0.492 e. The molecule has 2 aromatic rings. The van der Waals surface area contributed by atoms with Crippen molar-refractivity contribution in [3.05, 3.63) is 47.3 Å². The van der Waals surface area contributed by atoms with Gasteiger partial charge >= 0.3 is 5.97 Å². The molecule has 94 valence electrons. The molecule has 0 saturated heterocycles. The normalized spacial score (nSPS) is 10.2. The minimum absolute atomic E-state index is 0.207. The fourth-order valence-electron chi connectivity index (χ4n) is 1.41. The van der Waals surface area contributed by atoms with E-state index >= 15 is 0 Å². The molecule has 0 fully saturated rings. The number of hydrogen-bond acceptors (Lipinski definition) is 4. The lowest BCUT2D eigenvalue weighted by atomic mass is 10.2. The maximum atomic E-state index is 11.0. The molecule has 0 amide bonds. The molecule has 18 heavy (non-hydrogen) atoms. The summed E-state index contributed by atoms with van der Waals surface area (Å²) in [7, 11) is 0. The first-order chi connectivity index (χ1) is 8.77. The molecule has 0 aliphatic heterocycles. The van der Waals surface area contributed by atoms with E-state index in [9.17, 15) is 4.79 Å². The Balaban J connectivity index is 1.85. The highest BCUT2D eigenvalue weighted by molar-refractivity contribution is 8.01. The summed E-state index contributed by atoms with van der Waals surface area (Å²) in [6, 6.07) is 10.8. The van der Waals surface area contributed by atoms with E-state index in [2.05, 4.69) is 6.07 Å². The van der Waals surface area contributed by atoms with Crippen LogP contribution in [-0.4, -0.2) is 23.4 Å². The van der Waals surface area contributed by atoms with Crippen molar-refractivity contribution in [3.8, 4) is 5.75 Å². The van der Waals surface area contributed by atoms with Gasteiger partial charge in [-0.15, -0.1) is 23.1 Å². The highest BCUT2D eigenvalue weighted by Gasteiger charge is 2.09. The van der Waals surface area contributed by atoms with E-state index in [0.29, 0.717) is 12.4 Å². The van der Waals surface area contributed by atoms with Crippen molar-refractivity contribution in [2.75, 3.05) is 12.4 Å². The van der Waals surface area contributed by atoms with E-state index in [-0.39, 0.29) is 5.56 Å². The standard InChI is InChI=1S/C13H12O3S2/c14-13(15)10-4-1-2-5-11(10)16-7-9-18-12-6-3-8-17-12/h1-6,8H,7,9H2,(H,14,15). The Morgan fingerprint density at radius 3 is 2.83 bits per heavy atom. The lowest BCUT2D eigenvalue weighted by Gasteiger charge is -2.08. The van der Waals surface area contributed by atoms with Crippen molar-refractivity contribution in [3.63, 3.8) is 0 Å². The van der Waals surface area contributed by atoms with Crippen LogP contribution in [0.1, 0.15) is 10.4 Å². The lowest BCUT2D eigenvalue weighted by molar-refractivity contribution is 0.0692. The molecule has 1 aromatic heterocycles. The van der Waals surface area contributed by atoms with Gasteiger partial charge in [0.25, 0.3) is 0 Å². The van der Waals surface area contributed by atoms with Crippen LogP contribution < -0.4 is 4.74 Å².